The van der Waals surface area contributed by atoms with Crippen molar-refractivity contribution >= 4 is 5.91 Å². The maximum atomic E-state index is 12.9. The van der Waals surface area contributed by atoms with Gasteiger partial charge in [-0.15, -0.1) is 20.4 Å². The maximum Gasteiger partial charge on any atom is 0.256 e. The Labute approximate surface area is 155 Å². The predicted octanol–water partition coefficient (Wildman–Crippen LogP) is 2.59. The molecule has 134 valence electrons. The van der Waals surface area contributed by atoms with E-state index in [0.29, 0.717) is 23.0 Å². The first kappa shape index (κ1) is 16.6. The topological polar surface area (TPSA) is 89.9 Å². The van der Waals surface area contributed by atoms with Crippen molar-refractivity contribution in [2.24, 2.45) is 0 Å². The van der Waals surface area contributed by atoms with E-state index < -0.39 is 0 Å². The molecule has 8 nitrogen and oxygen atoms in total. The Hall–Kier alpha value is -3.81. The van der Waals surface area contributed by atoms with Crippen molar-refractivity contribution in [3.8, 4) is 17.1 Å². The van der Waals surface area contributed by atoms with Crippen molar-refractivity contribution in [1.29, 1.82) is 0 Å². The second kappa shape index (κ2) is 7.20. The standard InChI is InChI=1S/C19H16N6O2/c1-24(11-17-22-23-18(27-17)14-7-3-2-4-8-14)19(26)15-9-5-6-10-16(15)25-12-20-21-13-25/h2-10,12-13H,11H2,1H3. The normalized spacial score (nSPS) is 10.7. The maximum absolute atomic E-state index is 12.9. The third-order valence-corrected chi connectivity index (χ3v) is 4.04. The molecule has 4 rings (SSSR count). The molecule has 0 spiro atoms. The fraction of sp³-hybridized carbons (Fsp3) is 0.105. The summed E-state index contributed by atoms with van der Waals surface area (Å²) in [6, 6.07) is 16.8. The first-order valence-electron chi connectivity index (χ1n) is 8.29. The monoisotopic (exact) mass is 360 g/mol. The van der Waals surface area contributed by atoms with Crippen LogP contribution >= 0.6 is 0 Å². The van der Waals surface area contributed by atoms with Crippen molar-refractivity contribution in [3.63, 3.8) is 0 Å². The van der Waals surface area contributed by atoms with Crippen molar-refractivity contribution in [3.05, 3.63) is 78.7 Å². The van der Waals surface area contributed by atoms with Crippen LogP contribution in [0.15, 0.2) is 71.7 Å². The number of nitrogens with zero attached hydrogens (tertiary/aromatic N) is 6. The summed E-state index contributed by atoms with van der Waals surface area (Å²) in [5.41, 5.74) is 2.07. The van der Waals surface area contributed by atoms with Gasteiger partial charge in [0.25, 0.3) is 5.91 Å². The Morgan fingerprint density at radius 1 is 1.00 bits per heavy atom. The molecule has 0 aliphatic heterocycles. The SMILES string of the molecule is CN(Cc1nnc(-c2ccccc2)o1)C(=O)c1ccccc1-n1cnnc1. The lowest BCUT2D eigenvalue weighted by Gasteiger charge is -2.17. The summed E-state index contributed by atoms with van der Waals surface area (Å²) in [7, 11) is 1.69. The highest BCUT2D eigenvalue weighted by atomic mass is 16.4. The van der Waals surface area contributed by atoms with Crippen LogP contribution in [0.3, 0.4) is 0 Å². The second-order valence-corrected chi connectivity index (χ2v) is 5.91. The third-order valence-electron chi connectivity index (χ3n) is 4.04. The molecule has 0 bridgehead atoms. The van der Waals surface area contributed by atoms with Gasteiger partial charge < -0.3 is 9.32 Å². The van der Waals surface area contributed by atoms with E-state index in [4.69, 9.17) is 4.42 Å². The molecule has 0 N–H and O–H groups in total. The molecule has 2 aromatic carbocycles. The Bertz CT molecular complexity index is 1040. The Morgan fingerprint density at radius 2 is 1.70 bits per heavy atom. The molecule has 2 aromatic heterocycles. The van der Waals surface area contributed by atoms with E-state index in [0.717, 1.165) is 5.56 Å². The van der Waals surface area contributed by atoms with Crippen molar-refractivity contribution < 1.29 is 9.21 Å². The van der Waals surface area contributed by atoms with Gasteiger partial charge in [-0.05, 0) is 24.3 Å². The molecule has 8 heteroatoms. The molecule has 0 unspecified atom stereocenters. The van der Waals surface area contributed by atoms with E-state index in [1.54, 1.807) is 30.3 Å². The number of carbonyl (C=O) groups is 1. The molecular weight excluding hydrogens is 344 g/mol. The third kappa shape index (κ3) is 3.45. The van der Waals surface area contributed by atoms with Crippen LogP contribution in [0.2, 0.25) is 0 Å². The van der Waals surface area contributed by atoms with Gasteiger partial charge in [0, 0.05) is 12.6 Å². The van der Waals surface area contributed by atoms with Crippen LogP contribution in [0, 0.1) is 0 Å². The zero-order chi connectivity index (χ0) is 18.6. The van der Waals surface area contributed by atoms with Gasteiger partial charge >= 0.3 is 0 Å². The van der Waals surface area contributed by atoms with Crippen molar-refractivity contribution in [2.45, 2.75) is 6.54 Å². The average Bonchev–Trinajstić information content (AvgIpc) is 3.40. The van der Waals surface area contributed by atoms with E-state index in [1.807, 2.05) is 48.5 Å². The lowest BCUT2D eigenvalue weighted by Crippen LogP contribution is -2.27. The first-order chi connectivity index (χ1) is 13.2. The lowest BCUT2D eigenvalue weighted by molar-refractivity contribution is 0.0773. The summed E-state index contributed by atoms with van der Waals surface area (Å²) in [5.74, 6) is 0.626. The van der Waals surface area contributed by atoms with Gasteiger partial charge in [-0.2, -0.15) is 0 Å². The smallest absolute Gasteiger partial charge is 0.256 e. The highest BCUT2D eigenvalue weighted by molar-refractivity contribution is 5.97. The zero-order valence-electron chi connectivity index (χ0n) is 14.6. The minimum Gasteiger partial charge on any atom is -0.419 e. The predicted molar refractivity (Wildman–Crippen MR) is 96.9 cm³/mol. The van der Waals surface area contributed by atoms with Crippen LogP contribution in [-0.2, 0) is 6.54 Å². The van der Waals surface area contributed by atoms with Crippen molar-refractivity contribution in [2.75, 3.05) is 7.05 Å². The summed E-state index contributed by atoms with van der Waals surface area (Å²) in [5, 5.41) is 15.7. The average molecular weight is 360 g/mol. The molecule has 4 aromatic rings. The van der Waals surface area contributed by atoms with Gasteiger partial charge in [-0.1, -0.05) is 30.3 Å². The molecule has 0 saturated carbocycles. The molecule has 0 aliphatic carbocycles. The highest BCUT2D eigenvalue weighted by Crippen LogP contribution is 2.19. The molecule has 0 saturated heterocycles. The van der Waals surface area contributed by atoms with Crippen LogP contribution in [0.1, 0.15) is 16.2 Å². The van der Waals surface area contributed by atoms with Crippen LogP contribution in [0.5, 0.6) is 0 Å². The first-order valence-corrected chi connectivity index (χ1v) is 8.29. The Morgan fingerprint density at radius 3 is 2.48 bits per heavy atom. The Balaban J connectivity index is 1.54. The Kier molecular flexibility index (Phi) is 4.44. The number of hydrogen-bond acceptors (Lipinski definition) is 6. The minimum atomic E-state index is -0.168. The molecule has 2 heterocycles. The summed E-state index contributed by atoms with van der Waals surface area (Å²) in [4.78, 5) is 14.5. The van der Waals surface area contributed by atoms with Crippen LogP contribution in [0.4, 0.5) is 0 Å². The van der Waals surface area contributed by atoms with Gasteiger partial charge in [0.15, 0.2) is 0 Å². The number of para-hydroxylation sites is 1. The molecule has 0 radical (unpaired) electrons. The van der Waals surface area contributed by atoms with E-state index in [2.05, 4.69) is 20.4 Å². The number of rotatable bonds is 5. The number of hydrogen-bond donors (Lipinski definition) is 0. The second-order valence-electron chi connectivity index (χ2n) is 5.91. The zero-order valence-corrected chi connectivity index (χ0v) is 14.6. The molecular formula is C19H16N6O2. The summed E-state index contributed by atoms with van der Waals surface area (Å²) < 4.78 is 7.38. The van der Waals surface area contributed by atoms with E-state index in [9.17, 15) is 4.79 Å². The van der Waals surface area contributed by atoms with Crippen molar-refractivity contribution in [1.82, 2.24) is 29.9 Å². The number of benzene rings is 2. The molecule has 1 amide bonds. The summed E-state index contributed by atoms with van der Waals surface area (Å²) in [6.07, 6.45) is 3.10. The number of aromatic nitrogens is 5. The minimum absolute atomic E-state index is 0.168. The largest absolute Gasteiger partial charge is 0.419 e. The fourth-order valence-electron chi connectivity index (χ4n) is 2.70. The highest BCUT2D eigenvalue weighted by Gasteiger charge is 2.19. The molecule has 0 aliphatic rings. The van der Waals surface area contributed by atoms with Gasteiger partial charge in [-0.25, -0.2) is 0 Å². The fourth-order valence-corrected chi connectivity index (χ4v) is 2.70. The number of carbonyl (C=O) groups excluding carboxylic acids is 1. The van der Waals surface area contributed by atoms with E-state index >= 15 is 0 Å². The van der Waals surface area contributed by atoms with Gasteiger partial charge in [0.1, 0.15) is 12.7 Å². The molecule has 0 atom stereocenters. The van der Waals surface area contributed by atoms with E-state index in [-0.39, 0.29) is 12.5 Å². The van der Waals surface area contributed by atoms with Crippen LogP contribution in [-0.4, -0.2) is 42.8 Å². The van der Waals surface area contributed by atoms with Gasteiger partial charge in [0.2, 0.25) is 11.8 Å². The molecule has 27 heavy (non-hydrogen) atoms. The van der Waals surface area contributed by atoms with E-state index in [1.165, 1.54) is 4.90 Å². The lowest BCUT2D eigenvalue weighted by atomic mass is 10.1. The molecule has 0 fully saturated rings. The van der Waals surface area contributed by atoms with Crippen LogP contribution < -0.4 is 0 Å². The van der Waals surface area contributed by atoms with Crippen LogP contribution in [0.25, 0.3) is 17.1 Å². The summed E-state index contributed by atoms with van der Waals surface area (Å²) in [6.45, 7) is 0.204. The number of amides is 1. The van der Waals surface area contributed by atoms with Gasteiger partial charge in [0.05, 0.1) is 17.8 Å². The quantitative estimate of drug-likeness (QED) is 0.543. The van der Waals surface area contributed by atoms with Gasteiger partial charge in [-0.3, -0.25) is 9.36 Å². The summed E-state index contributed by atoms with van der Waals surface area (Å²) >= 11 is 0.